The minimum atomic E-state index is -0.981. The molecule has 5 nitrogen and oxygen atoms in total. The van der Waals surface area contributed by atoms with Gasteiger partial charge in [-0.3, -0.25) is 4.90 Å². The van der Waals surface area contributed by atoms with Crippen LogP contribution in [-0.2, 0) is 6.54 Å². The van der Waals surface area contributed by atoms with Gasteiger partial charge in [0.2, 0.25) is 0 Å². The number of hydrogen-bond donors (Lipinski definition) is 1. The molecule has 0 saturated heterocycles. The number of rotatable bonds is 5. The van der Waals surface area contributed by atoms with Crippen molar-refractivity contribution in [2.45, 2.75) is 32.9 Å². The predicted octanol–water partition coefficient (Wildman–Crippen LogP) is 2.02. The average Bonchev–Trinajstić information content (AvgIpc) is 2.59. The second kappa shape index (κ2) is 5.51. The second-order valence-electron chi connectivity index (χ2n) is 4.11. The normalized spacial score (nSPS) is 12.4. The molecule has 1 heterocycles. The van der Waals surface area contributed by atoms with Gasteiger partial charge in [0, 0.05) is 6.04 Å². The average molecular weight is 236 g/mol. The molecule has 1 N–H and O–H groups in total. The number of furan rings is 1. The number of aryl methyl sites for hydroxylation is 1. The summed E-state index contributed by atoms with van der Waals surface area (Å²) in [4.78, 5) is 12.8. The minimum absolute atomic E-state index is 0.110. The van der Waals surface area contributed by atoms with Crippen LogP contribution in [0.15, 0.2) is 10.5 Å². The third-order valence-electron chi connectivity index (χ3n) is 2.74. The maximum absolute atomic E-state index is 10.8. The fraction of sp³-hybridized carbons (Fsp3) is 0.500. The molecular weight excluding hydrogens is 220 g/mol. The highest BCUT2D eigenvalue weighted by molar-refractivity contribution is 5.88. The van der Waals surface area contributed by atoms with Gasteiger partial charge in [-0.2, -0.15) is 5.26 Å². The molecule has 0 saturated carbocycles. The molecule has 0 aliphatic carbocycles. The van der Waals surface area contributed by atoms with Gasteiger partial charge in [0.25, 0.3) is 0 Å². The topological polar surface area (TPSA) is 77.5 Å². The zero-order valence-electron chi connectivity index (χ0n) is 10.2. The Balaban J connectivity index is 2.73. The molecule has 1 aromatic rings. The van der Waals surface area contributed by atoms with Crippen LogP contribution in [-0.4, -0.2) is 29.1 Å². The van der Waals surface area contributed by atoms with E-state index in [1.54, 1.807) is 6.92 Å². The maximum atomic E-state index is 10.8. The van der Waals surface area contributed by atoms with E-state index in [4.69, 9.17) is 14.8 Å². The first-order chi connectivity index (χ1) is 7.95. The van der Waals surface area contributed by atoms with E-state index < -0.39 is 5.97 Å². The summed E-state index contributed by atoms with van der Waals surface area (Å²) in [6, 6.07) is 3.75. The van der Waals surface area contributed by atoms with E-state index in [-0.39, 0.29) is 11.6 Å². The summed E-state index contributed by atoms with van der Waals surface area (Å²) in [5, 5.41) is 17.5. The third-order valence-corrected chi connectivity index (χ3v) is 2.74. The molecule has 1 atom stereocenters. The van der Waals surface area contributed by atoms with E-state index in [2.05, 4.69) is 6.07 Å². The Morgan fingerprint density at radius 1 is 1.71 bits per heavy atom. The SMILES string of the molecule is Cc1oc(CN(C)C(C)CC#N)cc1C(=O)O. The van der Waals surface area contributed by atoms with Crippen molar-refractivity contribution in [2.75, 3.05) is 7.05 Å². The molecule has 0 aliphatic heterocycles. The summed E-state index contributed by atoms with van der Waals surface area (Å²) in [7, 11) is 1.88. The summed E-state index contributed by atoms with van der Waals surface area (Å²) >= 11 is 0. The van der Waals surface area contributed by atoms with Crippen molar-refractivity contribution >= 4 is 5.97 Å². The molecule has 0 bridgehead atoms. The van der Waals surface area contributed by atoms with Gasteiger partial charge in [-0.05, 0) is 27.0 Å². The van der Waals surface area contributed by atoms with Gasteiger partial charge in [-0.1, -0.05) is 0 Å². The van der Waals surface area contributed by atoms with Gasteiger partial charge < -0.3 is 9.52 Å². The molecule has 92 valence electrons. The van der Waals surface area contributed by atoms with Gasteiger partial charge in [0.05, 0.1) is 19.0 Å². The number of carboxylic acids is 1. The Labute approximate surface area is 100 Å². The predicted molar refractivity (Wildman–Crippen MR) is 61.6 cm³/mol. The van der Waals surface area contributed by atoms with Crippen LogP contribution in [0.1, 0.15) is 35.2 Å². The maximum Gasteiger partial charge on any atom is 0.339 e. The number of hydrogen-bond acceptors (Lipinski definition) is 4. The molecule has 0 spiro atoms. The van der Waals surface area contributed by atoms with Crippen LogP contribution in [0.5, 0.6) is 0 Å². The van der Waals surface area contributed by atoms with Crippen LogP contribution in [0.25, 0.3) is 0 Å². The molecule has 1 rings (SSSR count). The Morgan fingerprint density at radius 3 is 2.82 bits per heavy atom. The van der Waals surface area contributed by atoms with Crippen LogP contribution in [0, 0.1) is 18.3 Å². The first-order valence-electron chi connectivity index (χ1n) is 5.35. The summed E-state index contributed by atoms with van der Waals surface area (Å²) in [6.45, 7) is 4.07. The van der Waals surface area contributed by atoms with Crippen LogP contribution in [0.2, 0.25) is 0 Å². The highest BCUT2D eigenvalue weighted by Crippen LogP contribution is 2.17. The van der Waals surface area contributed by atoms with Gasteiger partial charge in [-0.25, -0.2) is 4.79 Å². The fourth-order valence-corrected chi connectivity index (χ4v) is 1.52. The van der Waals surface area contributed by atoms with E-state index in [1.807, 2.05) is 18.9 Å². The zero-order valence-corrected chi connectivity index (χ0v) is 10.2. The standard InChI is InChI=1S/C12H16N2O3/c1-8(4-5-13)14(3)7-10-6-11(12(15)16)9(2)17-10/h6,8H,4,7H2,1-3H3,(H,15,16). The van der Waals surface area contributed by atoms with Crippen molar-refractivity contribution in [3.05, 3.63) is 23.2 Å². The van der Waals surface area contributed by atoms with Crippen molar-refractivity contribution in [1.29, 1.82) is 5.26 Å². The molecule has 17 heavy (non-hydrogen) atoms. The fourth-order valence-electron chi connectivity index (χ4n) is 1.52. The van der Waals surface area contributed by atoms with E-state index in [0.717, 1.165) is 0 Å². The van der Waals surface area contributed by atoms with Crippen LogP contribution in [0.4, 0.5) is 0 Å². The number of nitrogens with zero attached hydrogens (tertiary/aromatic N) is 2. The smallest absolute Gasteiger partial charge is 0.339 e. The van der Waals surface area contributed by atoms with Gasteiger partial charge >= 0.3 is 5.97 Å². The number of aromatic carboxylic acids is 1. The van der Waals surface area contributed by atoms with Gasteiger partial charge in [-0.15, -0.1) is 0 Å². The van der Waals surface area contributed by atoms with Crippen molar-refractivity contribution in [2.24, 2.45) is 0 Å². The van der Waals surface area contributed by atoms with Crippen LogP contribution >= 0.6 is 0 Å². The lowest BCUT2D eigenvalue weighted by atomic mass is 10.2. The molecular formula is C12H16N2O3. The first-order valence-corrected chi connectivity index (χ1v) is 5.35. The van der Waals surface area contributed by atoms with E-state index in [1.165, 1.54) is 6.07 Å². The lowest BCUT2D eigenvalue weighted by molar-refractivity contribution is 0.0695. The third kappa shape index (κ3) is 3.33. The summed E-state index contributed by atoms with van der Waals surface area (Å²) in [6.07, 6.45) is 0.433. The summed E-state index contributed by atoms with van der Waals surface area (Å²) < 4.78 is 5.37. The largest absolute Gasteiger partial charge is 0.478 e. The Kier molecular flexibility index (Phi) is 4.30. The van der Waals surface area contributed by atoms with Crippen molar-refractivity contribution in [3.8, 4) is 6.07 Å². The summed E-state index contributed by atoms with van der Waals surface area (Å²) in [5.41, 5.74) is 0.196. The molecule has 1 unspecified atom stereocenters. The lowest BCUT2D eigenvalue weighted by Gasteiger charge is -2.20. The van der Waals surface area contributed by atoms with Crippen LogP contribution < -0.4 is 0 Å². The van der Waals surface area contributed by atoms with E-state index >= 15 is 0 Å². The molecule has 1 aromatic heterocycles. The van der Waals surface area contributed by atoms with Gasteiger partial charge in [0.15, 0.2) is 0 Å². The van der Waals surface area contributed by atoms with Crippen molar-refractivity contribution in [3.63, 3.8) is 0 Å². The van der Waals surface area contributed by atoms with Crippen LogP contribution in [0.3, 0.4) is 0 Å². The number of carboxylic acid groups (broad SMARTS) is 1. The molecule has 0 aromatic carbocycles. The first kappa shape index (κ1) is 13.3. The molecule has 0 aliphatic rings. The van der Waals surface area contributed by atoms with E-state index in [0.29, 0.717) is 24.5 Å². The highest BCUT2D eigenvalue weighted by atomic mass is 16.4. The van der Waals surface area contributed by atoms with E-state index in [9.17, 15) is 4.79 Å². The lowest BCUT2D eigenvalue weighted by Crippen LogP contribution is -2.27. The minimum Gasteiger partial charge on any atom is -0.478 e. The number of nitriles is 1. The Hall–Kier alpha value is -1.80. The van der Waals surface area contributed by atoms with Crippen molar-refractivity contribution in [1.82, 2.24) is 4.90 Å². The zero-order chi connectivity index (χ0) is 13.0. The van der Waals surface area contributed by atoms with Gasteiger partial charge in [0.1, 0.15) is 17.1 Å². The molecule has 0 fully saturated rings. The Morgan fingerprint density at radius 2 is 2.35 bits per heavy atom. The monoisotopic (exact) mass is 236 g/mol. The molecule has 0 amide bonds. The Bertz CT molecular complexity index is 445. The summed E-state index contributed by atoms with van der Waals surface area (Å²) in [5.74, 6) is 0.0336. The highest BCUT2D eigenvalue weighted by Gasteiger charge is 2.16. The molecule has 5 heteroatoms. The second-order valence-corrected chi connectivity index (χ2v) is 4.11. The quantitative estimate of drug-likeness (QED) is 0.846. The van der Waals surface area contributed by atoms with Crippen molar-refractivity contribution < 1.29 is 14.3 Å². The number of carbonyl (C=O) groups is 1. The molecule has 0 radical (unpaired) electrons.